The molecule has 0 radical (unpaired) electrons. The first-order valence-electron chi connectivity index (χ1n) is 6.16. The van der Waals surface area contributed by atoms with Crippen molar-refractivity contribution in [2.75, 3.05) is 20.7 Å². The van der Waals surface area contributed by atoms with Gasteiger partial charge in [0.1, 0.15) is 9.77 Å². The van der Waals surface area contributed by atoms with Gasteiger partial charge in [0.25, 0.3) is 0 Å². The van der Waals surface area contributed by atoms with Crippen molar-refractivity contribution in [1.29, 1.82) is 0 Å². The lowest BCUT2D eigenvalue weighted by Crippen LogP contribution is -2.39. The molecule has 0 aliphatic heterocycles. The van der Waals surface area contributed by atoms with Crippen LogP contribution < -0.4 is 0 Å². The summed E-state index contributed by atoms with van der Waals surface area (Å²) in [5.41, 5.74) is 0. The number of aliphatic hydroxyl groups excluding tert-OH is 1. The van der Waals surface area contributed by atoms with Crippen LogP contribution in [0, 0.1) is 5.92 Å². The molecule has 8 heteroatoms. The Bertz CT molecular complexity index is 589. The molecule has 1 aromatic heterocycles. The summed E-state index contributed by atoms with van der Waals surface area (Å²) in [4.78, 5) is 11.6. The predicted octanol–water partition coefficient (Wildman–Crippen LogP) is 0.926. The Balaban J connectivity index is 2.17. The Morgan fingerprint density at radius 3 is 2.75 bits per heavy atom. The summed E-state index contributed by atoms with van der Waals surface area (Å²) in [5.74, 6) is -0.476. The van der Waals surface area contributed by atoms with E-state index in [4.69, 9.17) is 0 Å². The molecule has 0 saturated heterocycles. The van der Waals surface area contributed by atoms with Crippen LogP contribution in [0.3, 0.4) is 0 Å². The molecule has 1 fully saturated rings. The average molecular weight is 319 g/mol. The van der Waals surface area contributed by atoms with Gasteiger partial charge in [0, 0.05) is 13.6 Å². The number of hydrogen-bond donors (Lipinski definition) is 1. The van der Waals surface area contributed by atoms with Gasteiger partial charge < -0.3 is 9.84 Å². The Kier molecular flexibility index (Phi) is 4.48. The van der Waals surface area contributed by atoms with Crippen molar-refractivity contribution in [3.05, 3.63) is 16.3 Å². The molecule has 20 heavy (non-hydrogen) atoms. The number of nitrogens with zero attached hydrogens (tertiary/aromatic N) is 1. The first-order chi connectivity index (χ1) is 9.36. The summed E-state index contributed by atoms with van der Waals surface area (Å²) in [6, 6.07) is 1.42. The van der Waals surface area contributed by atoms with Crippen LogP contribution in [-0.2, 0) is 14.8 Å². The fourth-order valence-electron chi connectivity index (χ4n) is 2.22. The number of rotatable bonds is 5. The summed E-state index contributed by atoms with van der Waals surface area (Å²) in [6.45, 7) is 0.343. The van der Waals surface area contributed by atoms with Crippen molar-refractivity contribution in [2.45, 2.75) is 23.8 Å². The van der Waals surface area contributed by atoms with Crippen LogP contribution in [0.5, 0.6) is 0 Å². The summed E-state index contributed by atoms with van der Waals surface area (Å²) in [6.07, 6.45) is 0.920. The second-order valence-corrected chi connectivity index (χ2v) is 7.81. The number of carbonyl (C=O) groups excluding carboxylic acids is 1. The van der Waals surface area contributed by atoms with Crippen LogP contribution in [0.1, 0.15) is 22.5 Å². The van der Waals surface area contributed by atoms with E-state index in [0.29, 0.717) is 19.4 Å². The van der Waals surface area contributed by atoms with Crippen molar-refractivity contribution in [3.8, 4) is 0 Å². The van der Waals surface area contributed by atoms with Crippen LogP contribution >= 0.6 is 11.3 Å². The first kappa shape index (κ1) is 15.4. The van der Waals surface area contributed by atoms with E-state index in [1.165, 1.54) is 24.5 Å². The topological polar surface area (TPSA) is 83.9 Å². The number of hydrogen-bond acceptors (Lipinski definition) is 6. The molecule has 0 spiro atoms. The highest BCUT2D eigenvalue weighted by atomic mass is 32.2. The minimum atomic E-state index is -3.71. The zero-order valence-electron chi connectivity index (χ0n) is 11.3. The van der Waals surface area contributed by atoms with Crippen LogP contribution in [0.15, 0.2) is 16.3 Å². The van der Waals surface area contributed by atoms with E-state index in [2.05, 4.69) is 4.74 Å². The van der Waals surface area contributed by atoms with E-state index in [9.17, 15) is 18.3 Å². The van der Waals surface area contributed by atoms with Gasteiger partial charge in [0.05, 0.1) is 13.2 Å². The standard InChI is InChI=1S/C12H17NO5S2/c1-13(7-8-5-9(14)6-8)20(16,17)10-3-4-19-11(10)12(15)18-2/h3-4,8-9,14H,5-7H2,1-2H3. The second-order valence-electron chi connectivity index (χ2n) is 4.88. The number of sulfonamides is 1. The molecular formula is C12H17NO5S2. The van der Waals surface area contributed by atoms with Gasteiger partial charge in [-0.3, -0.25) is 0 Å². The monoisotopic (exact) mass is 319 g/mol. The largest absolute Gasteiger partial charge is 0.465 e. The van der Waals surface area contributed by atoms with Gasteiger partial charge in [0.15, 0.2) is 0 Å². The molecule has 1 heterocycles. The van der Waals surface area contributed by atoms with E-state index in [1.54, 1.807) is 5.38 Å². The highest BCUT2D eigenvalue weighted by Crippen LogP contribution is 2.31. The van der Waals surface area contributed by atoms with E-state index >= 15 is 0 Å². The molecule has 112 valence electrons. The predicted molar refractivity (Wildman–Crippen MR) is 74.2 cm³/mol. The fraction of sp³-hybridized carbons (Fsp3) is 0.583. The van der Waals surface area contributed by atoms with Gasteiger partial charge in [-0.25, -0.2) is 17.5 Å². The fourth-order valence-corrected chi connectivity index (χ4v) is 4.77. The second kappa shape index (κ2) is 5.80. The van der Waals surface area contributed by atoms with Crippen molar-refractivity contribution < 1.29 is 23.1 Å². The molecule has 0 amide bonds. The van der Waals surface area contributed by atoms with E-state index in [1.807, 2.05) is 0 Å². The van der Waals surface area contributed by atoms with Crippen LogP contribution in [0.4, 0.5) is 0 Å². The smallest absolute Gasteiger partial charge is 0.349 e. The molecular weight excluding hydrogens is 302 g/mol. The molecule has 1 aliphatic carbocycles. The number of carbonyl (C=O) groups is 1. The molecule has 1 saturated carbocycles. The van der Waals surface area contributed by atoms with Gasteiger partial charge in [-0.2, -0.15) is 0 Å². The molecule has 1 aromatic rings. The van der Waals surface area contributed by atoms with Gasteiger partial charge in [0.2, 0.25) is 10.0 Å². The Labute approximate surface area is 122 Å². The Morgan fingerprint density at radius 2 is 2.20 bits per heavy atom. The minimum Gasteiger partial charge on any atom is -0.465 e. The number of esters is 1. The highest BCUT2D eigenvalue weighted by Gasteiger charge is 2.33. The van der Waals surface area contributed by atoms with Crippen LogP contribution in [-0.4, -0.2) is 50.6 Å². The minimum absolute atomic E-state index is 0.0169. The maximum Gasteiger partial charge on any atom is 0.349 e. The van der Waals surface area contributed by atoms with Gasteiger partial charge in [-0.1, -0.05) is 0 Å². The van der Waals surface area contributed by atoms with Gasteiger partial charge >= 0.3 is 5.97 Å². The lowest BCUT2D eigenvalue weighted by molar-refractivity contribution is 0.0367. The lowest BCUT2D eigenvalue weighted by atomic mass is 9.82. The maximum absolute atomic E-state index is 12.5. The summed E-state index contributed by atoms with van der Waals surface area (Å²) in [7, 11) is -1.00. The van der Waals surface area contributed by atoms with E-state index < -0.39 is 16.0 Å². The molecule has 6 nitrogen and oxygen atoms in total. The average Bonchev–Trinajstić information content (AvgIpc) is 2.85. The van der Waals surface area contributed by atoms with Crippen molar-refractivity contribution in [2.24, 2.45) is 5.92 Å². The van der Waals surface area contributed by atoms with Crippen LogP contribution in [0.2, 0.25) is 0 Å². The lowest BCUT2D eigenvalue weighted by Gasteiger charge is -2.34. The number of methoxy groups -OCH3 is 1. The van der Waals surface area contributed by atoms with Crippen molar-refractivity contribution >= 4 is 27.3 Å². The normalized spacial score (nSPS) is 22.6. The quantitative estimate of drug-likeness (QED) is 0.816. The summed E-state index contributed by atoms with van der Waals surface area (Å²) < 4.78 is 30.7. The number of ether oxygens (including phenoxy) is 1. The first-order valence-corrected chi connectivity index (χ1v) is 8.48. The third-order valence-electron chi connectivity index (χ3n) is 3.41. The van der Waals surface area contributed by atoms with Gasteiger partial charge in [-0.15, -0.1) is 11.3 Å². The van der Waals surface area contributed by atoms with E-state index in [-0.39, 0.29) is 21.8 Å². The third kappa shape index (κ3) is 2.88. The third-order valence-corrected chi connectivity index (χ3v) is 6.30. The van der Waals surface area contributed by atoms with E-state index in [0.717, 1.165) is 11.3 Å². The zero-order valence-corrected chi connectivity index (χ0v) is 12.9. The SMILES string of the molecule is COC(=O)c1sccc1S(=O)(=O)N(C)CC1CC(O)C1. The molecule has 1 N–H and O–H groups in total. The molecule has 0 atom stereocenters. The molecule has 0 aromatic carbocycles. The summed E-state index contributed by atoms with van der Waals surface area (Å²) >= 11 is 1.05. The number of aliphatic hydroxyl groups is 1. The van der Waals surface area contributed by atoms with Crippen molar-refractivity contribution in [1.82, 2.24) is 4.31 Å². The number of thiophene rings is 1. The van der Waals surface area contributed by atoms with Gasteiger partial charge in [-0.05, 0) is 30.2 Å². The molecule has 1 aliphatic rings. The Morgan fingerprint density at radius 1 is 1.55 bits per heavy atom. The molecule has 0 unspecified atom stereocenters. The zero-order chi connectivity index (χ0) is 14.9. The van der Waals surface area contributed by atoms with Crippen LogP contribution in [0.25, 0.3) is 0 Å². The Hall–Kier alpha value is -0.960. The maximum atomic E-state index is 12.5. The highest BCUT2D eigenvalue weighted by molar-refractivity contribution is 7.89. The molecule has 2 rings (SSSR count). The molecule has 0 bridgehead atoms. The van der Waals surface area contributed by atoms with Crippen molar-refractivity contribution in [3.63, 3.8) is 0 Å². The summed E-state index contributed by atoms with van der Waals surface area (Å²) in [5, 5.41) is 10.8.